The summed E-state index contributed by atoms with van der Waals surface area (Å²) in [6.45, 7) is 2.25. The van der Waals surface area contributed by atoms with Gasteiger partial charge in [0, 0.05) is 25.7 Å². The molecule has 154 valence electrons. The molecule has 0 saturated carbocycles. The van der Waals surface area contributed by atoms with Gasteiger partial charge in [-0.25, -0.2) is 4.98 Å². The van der Waals surface area contributed by atoms with E-state index in [0.717, 1.165) is 36.6 Å². The molecule has 1 aromatic heterocycles. The Hall–Kier alpha value is -2.90. The Morgan fingerprint density at radius 1 is 1.13 bits per heavy atom. The summed E-state index contributed by atoms with van der Waals surface area (Å²) in [5.41, 5.74) is 3.78. The highest BCUT2D eigenvalue weighted by atomic mass is 35.5. The molecule has 0 atom stereocenters. The van der Waals surface area contributed by atoms with E-state index in [1.165, 1.54) is 11.1 Å². The van der Waals surface area contributed by atoms with Gasteiger partial charge in [-0.2, -0.15) is 4.98 Å². The zero-order valence-electron chi connectivity index (χ0n) is 16.6. The third-order valence-electron chi connectivity index (χ3n) is 4.97. The van der Waals surface area contributed by atoms with Crippen molar-refractivity contribution in [1.29, 1.82) is 0 Å². The SMILES string of the molecule is COc1ccc(CNC(=S)Nc2nc(Cl)cc(N3CCc4ccccc4C3)n2)cc1. The molecule has 1 aliphatic rings. The van der Waals surface area contributed by atoms with E-state index in [1.807, 2.05) is 24.3 Å². The van der Waals surface area contributed by atoms with E-state index >= 15 is 0 Å². The molecule has 2 aromatic carbocycles. The number of methoxy groups -OCH3 is 1. The molecule has 2 heterocycles. The minimum absolute atomic E-state index is 0.374. The lowest BCUT2D eigenvalue weighted by molar-refractivity contribution is 0.414. The highest BCUT2D eigenvalue weighted by Crippen LogP contribution is 2.25. The quantitative estimate of drug-likeness (QED) is 0.456. The highest BCUT2D eigenvalue weighted by Gasteiger charge is 2.18. The van der Waals surface area contributed by atoms with Gasteiger partial charge >= 0.3 is 0 Å². The molecule has 0 bridgehead atoms. The molecule has 3 aromatic rings. The van der Waals surface area contributed by atoms with Crippen LogP contribution in [0.2, 0.25) is 5.15 Å². The molecule has 1 aliphatic heterocycles. The minimum Gasteiger partial charge on any atom is -0.497 e. The van der Waals surface area contributed by atoms with Crippen molar-refractivity contribution in [3.05, 3.63) is 76.4 Å². The number of thiocarbonyl (C=S) groups is 1. The normalized spacial score (nSPS) is 12.8. The topological polar surface area (TPSA) is 62.3 Å². The van der Waals surface area contributed by atoms with E-state index < -0.39 is 0 Å². The first-order valence-corrected chi connectivity index (χ1v) is 10.4. The molecule has 30 heavy (non-hydrogen) atoms. The largest absolute Gasteiger partial charge is 0.497 e. The van der Waals surface area contributed by atoms with Crippen molar-refractivity contribution in [2.75, 3.05) is 23.9 Å². The number of nitrogens with one attached hydrogen (secondary N) is 2. The second kappa shape index (κ2) is 9.28. The van der Waals surface area contributed by atoms with Crippen LogP contribution in [0.25, 0.3) is 0 Å². The average molecular weight is 440 g/mol. The van der Waals surface area contributed by atoms with Crippen molar-refractivity contribution in [3.63, 3.8) is 0 Å². The summed E-state index contributed by atoms with van der Waals surface area (Å²) in [4.78, 5) is 11.1. The summed E-state index contributed by atoms with van der Waals surface area (Å²) in [7, 11) is 1.65. The molecule has 0 spiro atoms. The Morgan fingerprint density at radius 2 is 1.90 bits per heavy atom. The molecule has 0 saturated heterocycles. The molecule has 0 radical (unpaired) electrons. The number of aromatic nitrogens is 2. The zero-order valence-corrected chi connectivity index (χ0v) is 18.1. The molecular formula is C22H22ClN5OS. The van der Waals surface area contributed by atoms with Crippen LogP contribution >= 0.6 is 23.8 Å². The van der Waals surface area contributed by atoms with Crippen LogP contribution in [-0.2, 0) is 19.5 Å². The van der Waals surface area contributed by atoms with E-state index in [9.17, 15) is 0 Å². The lowest BCUT2D eigenvalue weighted by Crippen LogP contribution is -2.32. The molecule has 8 heteroatoms. The van der Waals surface area contributed by atoms with Gasteiger partial charge in [0.2, 0.25) is 5.95 Å². The number of nitrogens with zero attached hydrogens (tertiary/aromatic N) is 3. The van der Waals surface area contributed by atoms with Crippen LogP contribution < -0.4 is 20.3 Å². The second-order valence-electron chi connectivity index (χ2n) is 6.97. The highest BCUT2D eigenvalue weighted by molar-refractivity contribution is 7.80. The number of fused-ring (bicyclic) bond motifs is 1. The summed E-state index contributed by atoms with van der Waals surface area (Å²) >= 11 is 11.7. The van der Waals surface area contributed by atoms with Gasteiger partial charge in [-0.05, 0) is 47.5 Å². The van der Waals surface area contributed by atoms with Crippen LogP contribution in [0, 0.1) is 0 Å². The number of benzene rings is 2. The summed E-state index contributed by atoms with van der Waals surface area (Å²) in [6, 6.07) is 18.1. The Balaban J connectivity index is 1.40. The summed E-state index contributed by atoms with van der Waals surface area (Å²) in [5, 5.41) is 7.00. The lowest BCUT2D eigenvalue weighted by Gasteiger charge is -2.30. The maximum atomic E-state index is 6.26. The summed E-state index contributed by atoms with van der Waals surface area (Å²) < 4.78 is 5.17. The molecule has 0 fully saturated rings. The van der Waals surface area contributed by atoms with Crippen LogP contribution in [0.5, 0.6) is 5.75 Å². The number of ether oxygens (including phenoxy) is 1. The van der Waals surface area contributed by atoms with Gasteiger partial charge in [0.15, 0.2) is 5.11 Å². The van der Waals surface area contributed by atoms with Crippen LogP contribution in [-0.4, -0.2) is 28.7 Å². The maximum absolute atomic E-state index is 6.26. The Morgan fingerprint density at radius 3 is 2.67 bits per heavy atom. The van der Waals surface area contributed by atoms with Crippen molar-refractivity contribution in [2.24, 2.45) is 0 Å². The Bertz CT molecular complexity index is 1040. The van der Waals surface area contributed by atoms with Crippen molar-refractivity contribution in [2.45, 2.75) is 19.5 Å². The molecular weight excluding hydrogens is 418 g/mol. The van der Waals surface area contributed by atoms with Crippen molar-refractivity contribution in [1.82, 2.24) is 15.3 Å². The van der Waals surface area contributed by atoms with Gasteiger partial charge in [-0.1, -0.05) is 48.0 Å². The van der Waals surface area contributed by atoms with Gasteiger partial charge < -0.3 is 20.3 Å². The lowest BCUT2D eigenvalue weighted by atomic mass is 10.00. The van der Waals surface area contributed by atoms with Gasteiger partial charge in [-0.3, -0.25) is 0 Å². The molecule has 2 N–H and O–H groups in total. The number of hydrogen-bond acceptors (Lipinski definition) is 5. The number of halogens is 1. The number of anilines is 2. The average Bonchev–Trinajstić information content (AvgIpc) is 2.77. The van der Waals surface area contributed by atoms with Gasteiger partial charge in [0.1, 0.15) is 16.7 Å². The Labute approximate surface area is 186 Å². The van der Waals surface area contributed by atoms with Crippen LogP contribution in [0.15, 0.2) is 54.6 Å². The standard InChI is InChI=1S/C22H22ClN5OS/c1-29-18-8-6-15(7-9-18)13-24-22(30)27-21-25-19(23)12-20(26-21)28-11-10-16-4-2-3-5-17(16)14-28/h2-9,12H,10-11,13-14H2,1H3,(H2,24,25,26,27,30). The van der Waals surface area contributed by atoms with Crippen molar-refractivity contribution in [3.8, 4) is 5.75 Å². The number of hydrogen-bond donors (Lipinski definition) is 2. The van der Waals surface area contributed by atoms with Crippen LogP contribution in [0.4, 0.5) is 11.8 Å². The third kappa shape index (κ3) is 4.98. The predicted octanol–water partition coefficient (Wildman–Crippen LogP) is 4.19. The maximum Gasteiger partial charge on any atom is 0.232 e. The summed E-state index contributed by atoms with van der Waals surface area (Å²) in [5.74, 6) is 1.98. The molecule has 6 nitrogen and oxygen atoms in total. The molecule has 4 rings (SSSR count). The predicted molar refractivity (Wildman–Crippen MR) is 124 cm³/mol. The van der Waals surface area contributed by atoms with E-state index in [4.69, 9.17) is 28.6 Å². The van der Waals surface area contributed by atoms with Gasteiger partial charge in [-0.15, -0.1) is 0 Å². The van der Waals surface area contributed by atoms with Crippen LogP contribution in [0.1, 0.15) is 16.7 Å². The fourth-order valence-corrected chi connectivity index (χ4v) is 3.73. The van der Waals surface area contributed by atoms with E-state index in [1.54, 1.807) is 13.2 Å². The molecule has 0 aliphatic carbocycles. The smallest absolute Gasteiger partial charge is 0.232 e. The molecule has 0 unspecified atom stereocenters. The van der Waals surface area contributed by atoms with Gasteiger partial charge in [0.25, 0.3) is 0 Å². The first-order valence-electron chi connectivity index (χ1n) is 9.65. The number of rotatable bonds is 5. The first-order chi connectivity index (χ1) is 14.6. The van der Waals surface area contributed by atoms with Gasteiger partial charge in [0.05, 0.1) is 7.11 Å². The first kappa shape index (κ1) is 20.4. The second-order valence-corrected chi connectivity index (χ2v) is 7.76. The van der Waals surface area contributed by atoms with E-state index in [0.29, 0.717) is 22.8 Å². The van der Waals surface area contributed by atoms with Crippen molar-refractivity contribution < 1.29 is 4.74 Å². The monoisotopic (exact) mass is 439 g/mol. The molecule has 0 amide bonds. The fraction of sp³-hybridized carbons (Fsp3) is 0.227. The third-order valence-corrected chi connectivity index (χ3v) is 5.41. The van der Waals surface area contributed by atoms with E-state index in [2.05, 4.69) is 49.8 Å². The van der Waals surface area contributed by atoms with E-state index in [-0.39, 0.29) is 0 Å². The Kier molecular flexibility index (Phi) is 6.30. The van der Waals surface area contributed by atoms with Crippen LogP contribution in [0.3, 0.4) is 0 Å². The minimum atomic E-state index is 0.374. The van der Waals surface area contributed by atoms with Crippen molar-refractivity contribution >= 4 is 40.7 Å². The zero-order chi connectivity index (χ0) is 20.9. The summed E-state index contributed by atoms with van der Waals surface area (Å²) in [6.07, 6.45) is 0.975. The fourth-order valence-electron chi connectivity index (χ4n) is 3.39.